The zero-order valence-corrected chi connectivity index (χ0v) is 16.0. The van der Waals surface area contributed by atoms with E-state index in [2.05, 4.69) is 10.3 Å². The first-order valence-corrected chi connectivity index (χ1v) is 11.3. The lowest BCUT2D eigenvalue weighted by molar-refractivity contribution is 0.412. The van der Waals surface area contributed by atoms with Gasteiger partial charge in [0.15, 0.2) is 0 Å². The molecule has 3 rings (SSSR count). The summed E-state index contributed by atoms with van der Waals surface area (Å²) in [6.45, 7) is 3.05. The molecule has 1 saturated heterocycles. The van der Waals surface area contributed by atoms with Crippen LogP contribution in [0.5, 0.6) is 0 Å². The molecular formula is C18H30N4O2S. The molecule has 2 aliphatic rings. The molecule has 25 heavy (non-hydrogen) atoms. The first kappa shape index (κ1) is 18.6. The van der Waals surface area contributed by atoms with Gasteiger partial charge in [-0.1, -0.05) is 26.2 Å². The molecule has 0 aromatic carbocycles. The Labute approximate surface area is 151 Å². The van der Waals surface area contributed by atoms with E-state index in [4.69, 9.17) is 4.98 Å². The number of nitrogens with zero attached hydrogens (tertiary/aromatic N) is 3. The predicted molar refractivity (Wildman–Crippen MR) is 100 cm³/mol. The summed E-state index contributed by atoms with van der Waals surface area (Å²) in [5.41, 5.74) is 1.12. The molecule has 1 atom stereocenters. The number of aromatic nitrogens is 2. The van der Waals surface area contributed by atoms with Crippen molar-refractivity contribution in [1.82, 2.24) is 14.3 Å². The average molecular weight is 367 g/mol. The van der Waals surface area contributed by atoms with Crippen LogP contribution in [0.1, 0.15) is 69.9 Å². The number of nitrogens with one attached hydrogen (secondary N) is 1. The summed E-state index contributed by atoms with van der Waals surface area (Å²) in [6, 6.07) is 2.10. The van der Waals surface area contributed by atoms with E-state index in [0.29, 0.717) is 31.4 Å². The van der Waals surface area contributed by atoms with Crippen LogP contribution in [-0.2, 0) is 10.0 Å². The van der Waals surface area contributed by atoms with Gasteiger partial charge in [-0.15, -0.1) is 0 Å². The normalized spacial score (nSPS) is 23.5. The van der Waals surface area contributed by atoms with Crippen molar-refractivity contribution >= 4 is 16.0 Å². The Balaban J connectivity index is 1.67. The van der Waals surface area contributed by atoms with Gasteiger partial charge in [-0.25, -0.2) is 18.4 Å². The first-order valence-electron chi connectivity index (χ1n) is 9.66. The van der Waals surface area contributed by atoms with Gasteiger partial charge in [0.25, 0.3) is 0 Å². The van der Waals surface area contributed by atoms with E-state index in [-0.39, 0.29) is 11.8 Å². The molecule has 2 heterocycles. The van der Waals surface area contributed by atoms with E-state index in [1.54, 1.807) is 4.31 Å². The van der Waals surface area contributed by atoms with Crippen LogP contribution in [-0.4, -0.2) is 47.6 Å². The average Bonchev–Trinajstić information content (AvgIpc) is 3.02. The van der Waals surface area contributed by atoms with Crippen molar-refractivity contribution < 1.29 is 8.42 Å². The number of sulfonamides is 1. The van der Waals surface area contributed by atoms with E-state index >= 15 is 0 Å². The minimum atomic E-state index is -3.15. The second-order valence-corrected chi connectivity index (χ2v) is 9.39. The highest BCUT2D eigenvalue weighted by Gasteiger charge is 2.27. The largest absolute Gasteiger partial charge is 0.350 e. The van der Waals surface area contributed by atoms with Crippen LogP contribution in [0.4, 0.5) is 5.95 Å². The monoisotopic (exact) mass is 366 g/mol. The van der Waals surface area contributed by atoms with Crippen LogP contribution in [0.25, 0.3) is 0 Å². The molecule has 0 bridgehead atoms. The molecule has 6 nitrogen and oxygen atoms in total. The Morgan fingerprint density at radius 3 is 2.72 bits per heavy atom. The van der Waals surface area contributed by atoms with Crippen LogP contribution in [0.15, 0.2) is 12.3 Å². The van der Waals surface area contributed by atoms with Crippen LogP contribution >= 0.6 is 0 Å². The molecule has 1 saturated carbocycles. The zero-order valence-electron chi connectivity index (χ0n) is 15.2. The van der Waals surface area contributed by atoms with E-state index in [1.807, 2.05) is 19.2 Å². The standard InChI is InChI=1S/C18H30N4O2S/c1-2-13-25(23,24)22-12-6-5-9-16(14-22)20-18-19-11-10-17(21-18)15-7-3-4-8-15/h10-11,15-16H,2-9,12-14H2,1H3,(H,19,20,21)/t16-/m0/s1. The molecule has 140 valence electrons. The maximum absolute atomic E-state index is 12.4. The highest BCUT2D eigenvalue weighted by molar-refractivity contribution is 7.89. The zero-order chi connectivity index (χ0) is 17.7. The molecule has 0 unspecified atom stereocenters. The summed E-state index contributed by atoms with van der Waals surface area (Å²) in [5, 5.41) is 3.40. The van der Waals surface area contributed by atoms with Crippen molar-refractivity contribution in [3.63, 3.8) is 0 Å². The van der Waals surface area contributed by atoms with Crippen LogP contribution in [0, 0.1) is 0 Å². The summed E-state index contributed by atoms with van der Waals surface area (Å²) in [6.07, 6.45) is 10.4. The molecule has 7 heteroatoms. The number of hydrogen-bond donors (Lipinski definition) is 1. The minimum absolute atomic E-state index is 0.0768. The summed E-state index contributed by atoms with van der Waals surface area (Å²) >= 11 is 0. The molecule has 1 aliphatic heterocycles. The molecule has 1 aromatic rings. The van der Waals surface area contributed by atoms with Gasteiger partial charge in [0.1, 0.15) is 0 Å². The van der Waals surface area contributed by atoms with Crippen molar-refractivity contribution in [3.8, 4) is 0 Å². The predicted octanol–water partition coefficient (Wildman–Crippen LogP) is 3.14. The molecule has 1 N–H and O–H groups in total. The Kier molecular flexibility index (Phi) is 6.28. The topological polar surface area (TPSA) is 75.2 Å². The summed E-state index contributed by atoms with van der Waals surface area (Å²) in [5.74, 6) is 1.43. The Morgan fingerprint density at radius 2 is 1.96 bits per heavy atom. The van der Waals surface area contributed by atoms with E-state index in [1.165, 1.54) is 25.7 Å². The van der Waals surface area contributed by atoms with Crippen molar-refractivity contribution in [3.05, 3.63) is 18.0 Å². The van der Waals surface area contributed by atoms with Crippen molar-refractivity contribution in [2.75, 3.05) is 24.2 Å². The summed E-state index contributed by atoms with van der Waals surface area (Å²) in [4.78, 5) is 9.08. The van der Waals surface area contributed by atoms with Crippen LogP contribution < -0.4 is 5.32 Å². The molecule has 2 fully saturated rings. The van der Waals surface area contributed by atoms with Gasteiger partial charge in [0, 0.05) is 36.9 Å². The smallest absolute Gasteiger partial charge is 0.223 e. The first-order chi connectivity index (χ1) is 12.1. The van der Waals surface area contributed by atoms with Gasteiger partial charge >= 0.3 is 0 Å². The lowest BCUT2D eigenvalue weighted by Gasteiger charge is -2.24. The molecule has 0 amide bonds. The number of hydrogen-bond acceptors (Lipinski definition) is 5. The van der Waals surface area contributed by atoms with Crippen LogP contribution in [0.3, 0.4) is 0 Å². The van der Waals surface area contributed by atoms with Crippen LogP contribution in [0.2, 0.25) is 0 Å². The molecule has 1 aromatic heterocycles. The van der Waals surface area contributed by atoms with Gasteiger partial charge in [-0.2, -0.15) is 4.31 Å². The third kappa shape index (κ3) is 4.91. The highest BCUT2D eigenvalue weighted by atomic mass is 32.2. The highest BCUT2D eigenvalue weighted by Crippen LogP contribution is 2.33. The van der Waals surface area contributed by atoms with E-state index in [9.17, 15) is 8.42 Å². The SMILES string of the molecule is CCCS(=O)(=O)N1CCCC[C@H](Nc2nccc(C3CCCC3)n2)C1. The molecule has 0 radical (unpaired) electrons. The second-order valence-electron chi connectivity index (χ2n) is 7.30. The van der Waals surface area contributed by atoms with Gasteiger partial charge in [0.2, 0.25) is 16.0 Å². The Hall–Kier alpha value is -1.21. The van der Waals surface area contributed by atoms with Crippen molar-refractivity contribution in [2.45, 2.75) is 70.3 Å². The fourth-order valence-electron chi connectivity index (χ4n) is 3.94. The number of rotatable bonds is 6. The summed E-state index contributed by atoms with van der Waals surface area (Å²) < 4.78 is 26.5. The van der Waals surface area contributed by atoms with Gasteiger partial charge < -0.3 is 5.32 Å². The lowest BCUT2D eigenvalue weighted by atomic mass is 10.0. The fraction of sp³-hybridized carbons (Fsp3) is 0.778. The van der Waals surface area contributed by atoms with Gasteiger partial charge in [-0.3, -0.25) is 0 Å². The van der Waals surface area contributed by atoms with Crippen molar-refractivity contribution in [1.29, 1.82) is 0 Å². The second kappa shape index (κ2) is 8.45. The Morgan fingerprint density at radius 1 is 1.20 bits per heavy atom. The minimum Gasteiger partial charge on any atom is -0.350 e. The third-order valence-corrected chi connectivity index (χ3v) is 7.32. The Bertz CT molecular complexity index is 659. The van der Waals surface area contributed by atoms with E-state index in [0.717, 1.165) is 25.0 Å². The third-order valence-electron chi connectivity index (χ3n) is 5.27. The quantitative estimate of drug-likeness (QED) is 0.837. The van der Waals surface area contributed by atoms with Gasteiger partial charge in [0.05, 0.1) is 5.75 Å². The number of anilines is 1. The lowest BCUT2D eigenvalue weighted by Crippen LogP contribution is -2.40. The van der Waals surface area contributed by atoms with Gasteiger partial charge in [-0.05, 0) is 38.2 Å². The molecular weight excluding hydrogens is 336 g/mol. The fourth-order valence-corrected chi connectivity index (χ4v) is 5.53. The molecule has 1 aliphatic carbocycles. The van der Waals surface area contributed by atoms with E-state index < -0.39 is 10.0 Å². The maximum atomic E-state index is 12.4. The summed E-state index contributed by atoms with van der Waals surface area (Å²) in [7, 11) is -3.15. The van der Waals surface area contributed by atoms with Crippen molar-refractivity contribution in [2.24, 2.45) is 0 Å². The molecule has 0 spiro atoms. The maximum Gasteiger partial charge on any atom is 0.223 e.